The summed E-state index contributed by atoms with van der Waals surface area (Å²) in [5.41, 5.74) is 5.83. The molecule has 5 heteroatoms. The zero-order chi connectivity index (χ0) is 12.1. The maximum atomic E-state index is 12.9. The van der Waals surface area contributed by atoms with Crippen LogP contribution in [0.3, 0.4) is 0 Å². The van der Waals surface area contributed by atoms with E-state index in [1.807, 2.05) is 0 Å². The summed E-state index contributed by atoms with van der Waals surface area (Å²) in [5.74, 6) is -0.452. The second-order valence-corrected chi connectivity index (χ2v) is 3.35. The molecule has 1 rings (SSSR count). The lowest BCUT2D eigenvalue weighted by Gasteiger charge is -2.12. The average molecular weight is 226 g/mol. The summed E-state index contributed by atoms with van der Waals surface area (Å²) in [5, 5.41) is 2.57. The van der Waals surface area contributed by atoms with E-state index in [0.29, 0.717) is 18.0 Å². The number of carbonyl (C=O) groups excluding carboxylic acids is 1. The molecule has 1 amide bonds. The molecule has 0 spiro atoms. The molecule has 3 N–H and O–H groups in total. The molecule has 0 aliphatic rings. The van der Waals surface area contributed by atoms with E-state index in [1.54, 1.807) is 13.8 Å². The van der Waals surface area contributed by atoms with Gasteiger partial charge < -0.3 is 15.8 Å². The van der Waals surface area contributed by atoms with Gasteiger partial charge in [0, 0.05) is 6.07 Å². The number of hydrogen-bond donors (Lipinski definition) is 2. The van der Waals surface area contributed by atoms with Crippen molar-refractivity contribution in [1.29, 1.82) is 0 Å². The van der Waals surface area contributed by atoms with Crippen molar-refractivity contribution in [1.82, 2.24) is 0 Å². The first kappa shape index (κ1) is 12.4. The number of hydrogen-bond acceptors (Lipinski definition) is 3. The molecule has 88 valence electrons. The first-order valence-electron chi connectivity index (χ1n) is 5.03. The lowest BCUT2D eigenvalue weighted by Crippen LogP contribution is -2.32. The van der Waals surface area contributed by atoms with Crippen LogP contribution in [0, 0.1) is 5.82 Å². The fourth-order valence-electron chi connectivity index (χ4n) is 1.12. The molecule has 1 atom stereocenters. The van der Waals surface area contributed by atoms with Gasteiger partial charge in [0.05, 0.1) is 18.3 Å². The predicted molar refractivity (Wildman–Crippen MR) is 59.8 cm³/mol. The molecule has 0 aliphatic heterocycles. The van der Waals surface area contributed by atoms with Crippen LogP contribution >= 0.6 is 0 Å². The van der Waals surface area contributed by atoms with Crippen LogP contribution in [0.25, 0.3) is 0 Å². The van der Waals surface area contributed by atoms with Crippen molar-refractivity contribution in [3.63, 3.8) is 0 Å². The topological polar surface area (TPSA) is 64.3 Å². The van der Waals surface area contributed by atoms with E-state index in [-0.39, 0.29) is 5.91 Å². The molecule has 1 unspecified atom stereocenters. The Bertz CT molecular complexity index is 380. The van der Waals surface area contributed by atoms with Crippen LogP contribution in [0.5, 0.6) is 5.75 Å². The second kappa shape index (κ2) is 5.46. The fraction of sp³-hybridized carbons (Fsp3) is 0.364. The molecule has 0 saturated carbocycles. The summed E-state index contributed by atoms with van der Waals surface area (Å²) in [6.45, 7) is 3.74. The Morgan fingerprint density at radius 3 is 2.88 bits per heavy atom. The molecule has 0 radical (unpaired) electrons. The van der Waals surface area contributed by atoms with Gasteiger partial charge in [-0.25, -0.2) is 4.39 Å². The summed E-state index contributed by atoms with van der Waals surface area (Å²) in [6, 6.07) is 3.29. The molecular formula is C11H15FN2O2. The van der Waals surface area contributed by atoms with Crippen LogP contribution < -0.4 is 15.8 Å². The van der Waals surface area contributed by atoms with Gasteiger partial charge in [-0.15, -0.1) is 0 Å². The predicted octanol–water partition coefficient (Wildman–Crippen LogP) is 1.51. The van der Waals surface area contributed by atoms with E-state index in [4.69, 9.17) is 10.5 Å². The van der Waals surface area contributed by atoms with E-state index in [2.05, 4.69) is 5.32 Å². The number of anilines is 1. The Kier molecular flexibility index (Phi) is 4.25. The minimum Gasteiger partial charge on any atom is -0.492 e. The van der Waals surface area contributed by atoms with Gasteiger partial charge >= 0.3 is 0 Å². The molecule has 1 aromatic rings. The minimum atomic E-state index is -0.625. The van der Waals surface area contributed by atoms with Gasteiger partial charge in [-0.1, -0.05) is 0 Å². The molecule has 0 saturated heterocycles. The average Bonchev–Trinajstić information content (AvgIpc) is 2.22. The summed E-state index contributed by atoms with van der Waals surface area (Å²) in [4.78, 5) is 11.4. The maximum Gasteiger partial charge on any atom is 0.241 e. The SMILES string of the molecule is CCOc1cc(F)ccc1NC(=O)C(C)N. The van der Waals surface area contributed by atoms with Gasteiger partial charge in [0.25, 0.3) is 0 Å². The highest BCUT2D eigenvalue weighted by Crippen LogP contribution is 2.25. The number of carbonyl (C=O) groups is 1. The summed E-state index contributed by atoms with van der Waals surface area (Å²) < 4.78 is 18.2. The van der Waals surface area contributed by atoms with Crippen molar-refractivity contribution >= 4 is 11.6 Å². The van der Waals surface area contributed by atoms with E-state index in [0.717, 1.165) is 0 Å². The standard InChI is InChI=1S/C11H15FN2O2/c1-3-16-10-6-8(12)4-5-9(10)14-11(15)7(2)13/h4-7H,3,13H2,1-2H3,(H,14,15). The van der Waals surface area contributed by atoms with Gasteiger partial charge in [-0.05, 0) is 26.0 Å². The number of nitrogens with two attached hydrogens (primary N) is 1. The minimum absolute atomic E-state index is 0.302. The van der Waals surface area contributed by atoms with Crippen molar-refractivity contribution in [2.24, 2.45) is 5.73 Å². The summed E-state index contributed by atoms with van der Waals surface area (Å²) in [7, 11) is 0. The van der Waals surface area contributed by atoms with Crippen LogP contribution in [0.2, 0.25) is 0 Å². The number of ether oxygens (including phenoxy) is 1. The largest absolute Gasteiger partial charge is 0.492 e. The third-order valence-corrected chi connectivity index (χ3v) is 1.91. The Balaban J connectivity index is 2.90. The normalized spacial score (nSPS) is 12.0. The first-order valence-corrected chi connectivity index (χ1v) is 5.03. The lowest BCUT2D eigenvalue weighted by atomic mass is 10.2. The highest BCUT2D eigenvalue weighted by molar-refractivity contribution is 5.95. The quantitative estimate of drug-likeness (QED) is 0.817. The van der Waals surface area contributed by atoms with Crippen LogP contribution in [-0.4, -0.2) is 18.6 Å². The number of halogens is 1. The van der Waals surface area contributed by atoms with Crippen LogP contribution in [0.15, 0.2) is 18.2 Å². The molecule has 1 aromatic carbocycles. The van der Waals surface area contributed by atoms with Gasteiger partial charge in [0.2, 0.25) is 5.91 Å². The fourth-order valence-corrected chi connectivity index (χ4v) is 1.12. The Morgan fingerprint density at radius 2 is 2.31 bits per heavy atom. The molecule has 0 aromatic heterocycles. The van der Waals surface area contributed by atoms with Crippen molar-refractivity contribution in [3.8, 4) is 5.75 Å². The molecule has 4 nitrogen and oxygen atoms in total. The molecule has 16 heavy (non-hydrogen) atoms. The number of rotatable bonds is 4. The Hall–Kier alpha value is -1.62. The van der Waals surface area contributed by atoms with E-state index < -0.39 is 11.9 Å². The molecular weight excluding hydrogens is 211 g/mol. The van der Waals surface area contributed by atoms with E-state index in [1.165, 1.54) is 18.2 Å². The van der Waals surface area contributed by atoms with Gasteiger partial charge in [0.1, 0.15) is 11.6 Å². The third-order valence-electron chi connectivity index (χ3n) is 1.91. The zero-order valence-electron chi connectivity index (χ0n) is 9.29. The molecule has 0 heterocycles. The van der Waals surface area contributed by atoms with Crippen molar-refractivity contribution in [3.05, 3.63) is 24.0 Å². The molecule has 0 aliphatic carbocycles. The monoisotopic (exact) mass is 226 g/mol. The number of nitrogens with one attached hydrogen (secondary N) is 1. The van der Waals surface area contributed by atoms with Crippen LogP contribution in [0.1, 0.15) is 13.8 Å². The van der Waals surface area contributed by atoms with Gasteiger partial charge in [-0.3, -0.25) is 4.79 Å². The highest BCUT2D eigenvalue weighted by atomic mass is 19.1. The van der Waals surface area contributed by atoms with Crippen LogP contribution in [0.4, 0.5) is 10.1 Å². The van der Waals surface area contributed by atoms with Crippen LogP contribution in [-0.2, 0) is 4.79 Å². The van der Waals surface area contributed by atoms with E-state index >= 15 is 0 Å². The summed E-state index contributed by atoms with van der Waals surface area (Å²) in [6.07, 6.45) is 0. The van der Waals surface area contributed by atoms with Crippen molar-refractivity contribution < 1.29 is 13.9 Å². The smallest absolute Gasteiger partial charge is 0.241 e. The first-order chi connectivity index (χ1) is 7.54. The van der Waals surface area contributed by atoms with Gasteiger partial charge in [0.15, 0.2) is 0 Å². The zero-order valence-corrected chi connectivity index (χ0v) is 9.29. The van der Waals surface area contributed by atoms with Gasteiger partial charge in [-0.2, -0.15) is 0 Å². The summed E-state index contributed by atoms with van der Waals surface area (Å²) >= 11 is 0. The highest BCUT2D eigenvalue weighted by Gasteiger charge is 2.11. The Labute approximate surface area is 93.6 Å². The molecule has 0 bridgehead atoms. The Morgan fingerprint density at radius 1 is 1.62 bits per heavy atom. The maximum absolute atomic E-state index is 12.9. The second-order valence-electron chi connectivity index (χ2n) is 3.35. The number of amides is 1. The third kappa shape index (κ3) is 3.20. The van der Waals surface area contributed by atoms with Crippen molar-refractivity contribution in [2.45, 2.75) is 19.9 Å². The number of benzene rings is 1. The van der Waals surface area contributed by atoms with Crippen molar-refractivity contribution in [2.75, 3.05) is 11.9 Å². The molecule has 0 fully saturated rings. The van der Waals surface area contributed by atoms with E-state index in [9.17, 15) is 9.18 Å². The lowest BCUT2D eigenvalue weighted by molar-refractivity contribution is -0.117.